The molecule has 0 radical (unpaired) electrons. The summed E-state index contributed by atoms with van der Waals surface area (Å²) in [5.74, 6) is 0.601. The third-order valence-corrected chi connectivity index (χ3v) is 5.20. The second-order valence-corrected chi connectivity index (χ2v) is 7.45. The average molecular weight is 366 g/mol. The number of fused-ring (bicyclic) bond motifs is 1. The van der Waals surface area contributed by atoms with Gasteiger partial charge in [0.15, 0.2) is 16.6 Å². The molecule has 1 saturated carbocycles. The Kier molecular flexibility index (Phi) is 3.84. The van der Waals surface area contributed by atoms with Crippen LogP contribution in [0.3, 0.4) is 0 Å². The Morgan fingerprint density at radius 1 is 1.31 bits per heavy atom. The third kappa shape index (κ3) is 2.42. The highest BCUT2D eigenvalue weighted by atomic mass is 32.2. The number of pyridine rings is 1. The second-order valence-electron chi connectivity index (χ2n) is 6.67. The predicted octanol–water partition coefficient (Wildman–Crippen LogP) is 3.19. The first kappa shape index (κ1) is 16.8. The molecule has 0 aliphatic heterocycles. The van der Waals surface area contributed by atoms with E-state index in [4.69, 9.17) is 11.6 Å². The zero-order chi connectivity index (χ0) is 18.5. The molecule has 0 spiro atoms. The topological polar surface area (TPSA) is 70.0 Å². The molecule has 7 nitrogen and oxygen atoms in total. The minimum atomic E-state index is -0.499. The molecule has 0 atom stereocenters. The van der Waals surface area contributed by atoms with Crippen LogP contribution >= 0.6 is 11.8 Å². The maximum absolute atomic E-state index is 12.9. The summed E-state index contributed by atoms with van der Waals surface area (Å²) in [6.45, 7) is 11.4. The van der Waals surface area contributed by atoms with Gasteiger partial charge >= 0.3 is 0 Å². The number of thioether (sulfide) groups is 1. The van der Waals surface area contributed by atoms with E-state index in [1.54, 1.807) is 15.6 Å². The van der Waals surface area contributed by atoms with Crippen molar-refractivity contribution in [1.29, 1.82) is 0 Å². The zero-order valence-corrected chi connectivity index (χ0v) is 15.6. The van der Waals surface area contributed by atoms with Gasteiger partial charge in [0.1, 0.15) is 11.1 Å². The van der Waals surface area contributed by atoms with Crippen LogP contribution in [-0.2, 0) is 5.54 Å². The van der Waals surface area contributed by atoms with Gasteiger partial charge in [-0.1, -0.05) is 17.8 Å². The minimum Gasteiger partial charge on any atom is -0.303 e. The summed E-state index contributed by atoms with van der Waals surface area (Å²) in [6.07, 6.45) is 5.14. The lowest BCUT2D eigenvalue weighted by atomic mass is 10.2. The van der Waals surface area contributed by atoms with E-state index in [0.717, 1.165) is 18.5 Å². The molecule has 0 unspecified atom stereocenters. The number of hydrogen-bond acceptors (Lipinski definition) is 5. The quantitative estimate of drug-likeness (QED) is 0.403. The van der Waals surface area contributed by atoms with Gasteiger partial charge in [-0.25, -0.2) is 30.9 Å². The van der Waals surface area contributed by atoms with Crippen LogP contribution in [0.2, 0.25) is 0 Å². The first-order valence-corrected chi connectivity index (χ1v) is 9.64. The molecule has 3 heterocycles. The highest BCUT2D eigenvalue weighted by molar-refractivity contribution is 7.98. The van der Waals surface area contributed by atoms with E-state index >= 15 is 0 Å². The van der Waals surface area contributed by atoms with Crippen LogP contribution in [0, 0.1) is 6.57 Å². The number of aromatic nitrogens is 5. The molecular formula is C18H18N6OS. The summed E-state index contributed by atoms with van der Waals surface area (Å²) >= 11 is 1.43. The first-order chi connectivity index (χ1) is 12.5. The highest BCUT2D eigenvalue weighted by Gasteiger charge is 2.54. The summed E-state index contributed by atoms with van der Waals surface area (Å²) < 4.78 is 3.40. The summed E-state index contributed by atoms with van der Waals surface area (Å²) in [5, 5.41) is 1.07. The normalized spacial score (nSPS) is 15.3. The highest BCUT2D eigenvalue weighted by Crippen LogP contribution is 2.48. The fourth-order valence-corrected chi connectivity index (χ4v) is 3.45. The molecule has 132 valence electrons. The standard InChI is InChI=1S/C18H18N6OS/c1-11(2)23-16(25)12-10-20-17(26-4)22-15(12)24(23)14-7-5-6-13(21-14)18(19-3)8-9-18/h5-7,10-11H,8-9H2,1-2,4H3. The first-order valence-electron chi connectivity index (χ1n) is 8.41. The van der Waals surface area contributed by atoms with Crippen LogP contribution in [0.15, 0.2) is 34.3 Å². The van der Waals surface area contributed by atoms with Crippen LogP contribution in [0.5, 0.6) is 0 Å². The van der Waals surface area contributed by atoms with E-state index in [1.165, 1.54) is 11.8 Å². The molecule has 3 aromatic rings. The largest absolute Gasteiger partial charge is 0.303 e. The van der Waals surface area contributed by atoms with Crippen LogP contribution in [-0.4, -0.2) is 30.6 Å². The predicted molar refractivity (Wildman–Crippen MR) is 101 cm³/mol. The van der Waals surface area contributed by atoms with Gasteiger partial charge < -0.3 is 4.85 Å². The lowest BCUT2D eigenvalue weighted by molar-refractivity contribution is 0.470. The number of nitrogens with zero attached hydrogens (tertiary/aromatic N) is 6. The van der Waals surface area contributed by atoms with E-state index in [9.17, 15) is 4.79 Å². The molecule has 1 aliphatic rings. The lowest BCUT2D eigenvalue weighted by Crippen LogP contribution is -2.25. The number of rotatable bonds is 4. The van der Waals surface area contributed by atoms with E-state index < -0.39 is 5.54 Å². The van der Waals surface area contributed by atoms with Crippen molar-refractivity contribution in [2.45, 2.75) is 43.4 Å². The Balaban J connectivity index is 2.02. The van der Waals surface area contributed by atoms with Gasteiger partial charge in [-0.15, -0.1) is 0 Å². The monoisotopic (exact) mass is 366 g/mol. The Morgan fingerprint density at radius 3 is 2.69 bits per heavy atom. The molecule has 0 aromatic carbocycles. The van der Waals surface area contributed by atoms with Gasteiger partial charge in [0, 0.05) is 25.1 Å². The molecule has 1 fully saturated rings. The van der Waals surface area contributed by atoms with Crippen molar-refractivity contribution >= 4 is 22.8 Å². The zero-order valence-electron chi connectivity index (χ0n) is 14.8. The van der Waals surface area contributed by atoms with Crippen molar-refractivity contribution in [2.75, 3.05) is 6.26 Å². The van der Waals surface area contributed by atoms with E-state index in [-0.39, 0.29) is 11.6 Å². The summed E-state index contributed by atoms with van der Waals surface area (Å²) in [5.41, 5.74) is 0.664. The third-order valence-electron chi connectivity index (χ3n) is 4.64. The maximum atomic E-state index is 12.9. The second kappa shape index (κ2) is 5.95. The summed E-state index contributed by atoms with van der Waals surface area (Å²) in [6, 6.07) is 5.55. The van der Waals surface area contributed by atoms with Crippen molar-refractivity contribution in [1.82, 2.24) is 24.3 Å². The molecule has 0 N–H and O–H groups in total. The molecule has 0 bridgehead atoms. The van der Waals surface area contributed by atoms with Crippen LogP contribution < -0.4 is 5.56 Å². The SMILES string of the molecule is [C-]#[N+]C1(c2cccc(-n3c4nc(SC)ncc4c(=O)n3C(C)C)n2)CC1. The van der Waals surface area contributed by atoms with Gasteiger partial charge in [-0.2, -0.15) is 0 Å². The van der Waals surface area contributed by atoms with Crippen LogP contribution in [0.4, 0.5) is 0 Å². The molecule has 4 rings (SSSR count). The van der Waals surface area contributed by atoms with Crippen LogP contribution in [0.25, 0.3) is 21.7 Å². The summed E-state index contributed by atoms with van der Waals surface area (Å²) in [7, 11) is 0. The van der Waals surface area contributed by atoms with E-state index in [2.05, 4.69) is 14.8 Å². The Labute approximate surface area is 154 Å². The van der Waals surface area contributed by atoms with Crippen molar-refractivity contribution in [2.24, 2.45) is 0 Å². The molecule has 1 aliphatic carbocycles. The van der Waals surface area contributed by atoms with Crippen molar-refractivity contribution < 1.29 is 0 Å². The molecule has 0 amide bonds. The maximum Gasteiger partial charge on any atom is 0.278 e. The van der Waals surface area contributed by atoms with E-state index in [0.29, 0.717) is 22.0 Å². The van der Waals surface area contributed by atoms with Crippen molar-refractivity contribution in [3.8, 4) is 5.82 Å². The Morgan fingerprint density at radius 2 is 2.08 bits per heavy atom. The van der Waals surface area contributed by atoms with Gasteiger partial charge in [0.05, 0.1) is 0 Å². The fourth-order valence-electron chi connectivity index (χ4n) is 3.11. The van der Waals surface area contributed by atoms with E-state index in [1.807, 2.05) is 38.3 Å². The molecule has 8 heteroatoms. The molecule has 0 saturated heterocycles. The Bertz CT molecular complexity index is 1100. The van der Waals surface area contributed by atoms with Crippen LogP contribution in [0.1, 0.15) is 38.4 Å². The average Bonchev–Trinajstić information content (AvgIpc) is 3.40. The minimum absolute atomic E-state index is 0.0735. The van der Waals surface area contributed by atoms with Gasteiger partial charge in [0.25, 0.3) is 11.1 Å². The molecule has 26 heavy (non-hydrogen) atoms. The molecule has 3 aromatic heterocycles. The fraction of sp³-hybridized carbons (Fsp3) is 0.389. The van der Waals surface area contributed by atoms with Gasteiger partial charge in [-0.05, 0) is 32.2 Å². The van der Waals surface area contributed by atoms with Crippen molar-refractivity contribution in [3.05, 3.63) is 51.9 Å². The Hall–Kier alpha value is -2.66. The van der Waals surface area contributed by atoms with Crippen molar-refractivity contribution in [3.63, 3.8) is 0 Å². The number of hydrogen-bond donors (Lipinski definition) is 0. The lowest BCUT2D eigenvalue weighted by Gasteiger charge is -2.15. The van der Waals surface area contributed by atoms with Gasteiger partial charge in [0.2, 0.25) is 0 Å². The smallest absolute Gasteiger partial charge is 0.278 e. The summed E-state index contributed by atoms with van der Waals surface area (Å²) in [4.78, 5) is 30.2. The van der Waals surface area contributed by atoms with Gasteiger partial charge in [-0.3, -0.25) is 4.79 Å². The molecular weight excluding hydrogens is 348 g/mol.